The smallest absolute Gasteiger partial charge is 0.238 e. The van der Waals surface area contributed by atoms with Crippen LogP contribution in [0.2, 0.25) is 0 Å². The summed E-state index contributed by atoms with van der Waals surface area (Å²) in [6.07, 6.45) is 6.06. The third kappa shape index (κ3) is 2.15. The second-order valence-electron chi connectivity index (χ2n) is 4.86. The third-order valence-electron chi connectivity index (χ3n) is 3.43. The molecule has 2 nitrogen and oxygen atoms in total. The molecule has 2 aromatic heterocycles. The van der Waals surface area contributed by atoms with Crippen molar-refractivity contribution in [2.75, 3.05) is 0 Å². The maximum Gasteiger partial charge on any atom is 0.238 e. The Morgan fingerprint density at radius 2 is 2.06 bits per heavy atom. The summed E-state index contributed by atoms with van der Waals surface area (Å²) in [5, 5.41) is 0. The molecule has 94 valence electrons. The minimum atomic E-state index is 0.0289. The maximum atomic E-state index is 12.3. The van der Waals surface area contributed by atoms with E-state index in [2.05, 4.69) is 6.07 Å². The summed E-state index contributed by atoms with van der Waals surface area (Å²) >= 11 is 1.65. The molecule has 0 aromatic carbocycles. The molecule has 0 unspecified atom stereocenters. The molecule has 0 saturated carbocycles. The van der Waals surface area contributed by atoms with Gasteiger partial charge in [-0.2, -0.15) is 0 Å². The number of rotatable bonds is 2. The predicted molar refractivity (Wildman–Crippen MR) is 72.5 cm³/mol. The van der Waals surface area contributed by atoms with Crippen molar-refractivity contribution in [3.63, 3.8) is 0 Å². The van der Waals surface area contributed by atoms with Crippen LogP contribution in [-0.4, -0.2) is 5.78 Å². The molecular formula is C15H16O2S. The Morgan fingerprint density at radius 1 is 1.22 bits per heavy atom. The molecule has 0 bridgehead atoms. The molecule has 2 aromatic rings. The van der Waals surface area contributed by atoms with Crippen LogP contribution in [0.25, 0.3) is 0 Å². The highest BCUT2D eigenvalue weighted by molar-refractivity contribution is 7.14. The van der Waals surface area contributed by atoms with Gasteiger partial charge in [0.05, 0.1) is 4.88 Å². The van der Waals surface area contributed by atoms with Gasteiger partial charge in [0, 0.05) is 4.88 Å². The van der Waals surface area contributed by atoms with Crippen molar-refractivity contribution < 1.29 is 9.21 Å². The van der Waals surface area contributed by atoms with Crippen LogP contribution in [0.4, 0.5) is 0 Å². The standard InChI is InChI=1S/C15H16O2S/c1-10-7-8-12(17-10)15(16)14-9-11-5-3-2-4-6-13(11)18-14/h7-9H,2-6H2,1H3. The van der Waals surface area contributed by atoms with Crippen LogP contribution in [0, 0.1) is 6.92 Å². The van der Waals surface area contributed by atoms with E-state index >= 15 is 0 Å². The second-order valence-corrected chi connectivity index (χ2v) is 6.00. The first-order valence-corrected chi connectivity index (χ1v) is 7.28. The fraction of sp³-hybridized carbons (Fsp3) is 0.400. The molecule has 0 aliphatic heterocycles. The maximum absolute atomic E-state index is 12.3. The molecule has 0 amide bonds. The van der Waals surface area contributed by atoms with Crippen LogP contribution in [0.15, 0.2) is 22.6 Å². The summed E-state index contributed by atoms with van der Waals surface area (Å²) in [6, 6.07) is 5.68. The van der Waals surface area contributed by atoms with Crippen LogP contribution in [0.5, 0.6) is 0 Å². The van der Waals surface area contributed by atoms with Gasteiger partial charge in [0.2, 0.25) is 5.78 Å². The van der Waals surface area contributed by atoms with Crippen molar-refractivity contribution in [3.8, 4) is 0 Å². The van der Waals surface area contributed by atoms with Crippen LogP contribution >= 0.6 is 11.3 Å². The van der Waals surface area contributed by atoms with E-state index in [-0.39, 0.29) is 5.78 Å². The molecule has 2 heterocycles. The lowest BCUT2D eigenvalue weighted by atomic mass is 10.1. The Bertz CT molecular complexity index is 554. The third-order valence-corrected chi connectivity index (χ3v) is 4.67. The molecular weight excluding hydrogens is 244 g/mol. The number of hydrogen-bond donors (Lipinski definition) is 0. The van der Waals surface area contributed by atoms with E-state index in [1.807, 2.05) is 13.0 Å². The Hall–Kier alpha value is -1.35. The highest BCUT2D eigenvalue weighted by Crippen LogP contribution is 2.30. The van der Waals surface area contributed by atoms with E-state index < -0.39 is 0 Å². The molecule has 0 radical (unpaired) electrons. The lowest BCUT2D eigenvalue weighted by molar-refractivity contribution is 0.101. The van der Waals surface area contributed by atoms with E-state index in [1.54, 1.807) is 17.4 Å². The van der Waals surface area contributed by atoms with Crippen LogP contribution in [0.1, 0.15) is 50.9 Å². The first-order valence-electron chi connectivity index (χ1n) is 6.47. The zero-order chi connectivity index (χ0) is 12.5. The SMILES string of the molecule is Cc1ccc(C(=O)c2cc3c(s2)CCCCC3)o1. The van der Waals surface area contributed by atoms with Gasteiger partial charge in [-0.3, -0.25) is 4.79 Å². The predicted octanol–water partition coefficient (Wildman–Crippen LogP) is 4.15. The summed E-state index contributed by atoms with van der Waals surface area (Å²) in [5.41, 5.74) is 1.38. The summed E-state index contributed by atoms with van der Waals surface area (Å²) in [6.45, 7) is 1.86. The molecule has 3 heteroatoms. The molecule has 0 atom stereocenters. The molecule has 18 heavy (non-hydrogen) atoms. The van der Waals surface area contributed by atoms with Crippen LogP contribution in [0.3, 0.4) is 0 Å². The number of fused-ring (bicyclic) bond motifs is 1. The highest BCUT2D eigenvalue weighted by Gasteiger charge is 2.19. The number of furan rings is 1. The molecule has 0 N–H and O–H groups in total. The van der Waals surface area contributed by atoms with Gasteiger partial charge in [0.1, 0.15) is 5.76 Å². The van der Waals surface area contributed by atoms with Crippen molar-refractivity contribution in [2.45, 2.75) is 39.0 Å². The average Bonchev–Trinajstić information content (AvgIpc) is 2.90. The zero-order valence-corrected chi connectivity index (χ0v) is 11.3. The Labute approximate surface area is 111 Å². The van der Waals surface area contributed by atoms with Gasteiger partial charge < -0.3 is 4.42 Å². The van der Waals surface area contributed by atoms with Crippen molar-refractivity contribution >= 4 is 17.1 Å². The van der Waals surface area contributed by atoms with Gasteiger partial charge in [-0.1, -0.05) is 6.42 Å². The van der Waals surface area contributed by atoms with Crippen molar-refractivity contribution in [1.29, 1.82) is 0 Å². The largest absolute Gasteiger partial charge is 0.458 e. The molecule has 1 aliphatic rings. The van der Waals surface area contributed by atoms with E-state index in [0.29, 0.717) is 5.76 Å². The molecule has 0 fully saturated rings. The van der Waals surface area contributed by atoms with Gasteiger partial charge in [-0.25, -0.2) is 0 Å². The average molecular weight is 260 g/mol. The quantitative estimate of drug-likeness (QED) is 0.600. The number of ketones is 1. The Balaban J connectivity index is 1.91. The topological polar surface area (TPSA) is 30.2 Å². The van der Waals surface area contributed by atoms with Gasteiger partial charge >= 0.3 is 0 Å². The fourth-order valence-corrected chi connectivity index (χ4v) is 3.66. The van der Waals surface area contributed by atoms with Gasteiger partial charge in [0.25, 0.3) is 0 Å². The Morgan fingerprint density at radius 3 is 2.83 bits per heavy atom. The first-order chi connectivity index (χ1) is 8.74. The molecule has 3 rings (SSSR count). The van der Waals surface area contributed by atoms with Crippen LogP contribution < -0.4 is 0 Å². The van der Waals surface area contributed by atoms with E-state index in [1.165, 1.54) is 29.7 Å². The number of carbonyl (C=O) groups excluding carboxylic acids is 1. The number of aryl methyl sites for hydroxylation is 3. The summed E-state index contributed by atoms with van der Waals surface area (Å²) in [4.78, 5) is 14.5. The molecule has 0 saturated heterocycles. The normalized spacial score (nSPS) is 15.2. The molecule has 0 spiro atoms. The molecule has 1 aliphatic carbocycles. The number of hydrogen-bond acceptors (Lipinski definition) is 3. The van der Waals surface area contributed by atoms with Crippen molar-refractivity contribution in [1.82, 2.24) is 0 Å². The van der Waals surface area contributed by atoms with Gasteiger partial charge in [0.15, 0.2) is 5.76 Å². The summed E-state index contributed by atoms with van der Waals surface area (Å²) in [5.74, 6) is 1.28. The monoisotopic (exact) mass is 260 g/mol. The second kappa shape index (κ2) is 4.73. The number of carbonyl (C=O) groups is 1. The Kier molecular flexibility index (Phi) is 3.08. The van der Waals surface area contributed by atoms with E-state index in [4.69, 9.17) is 4.42 Å². The van der Waals surface area contributed by atoms with Gasteiger partial charge in [-0.05, 0) is 56.4 Å². The fourth-order valence-electron chi connectivity index (χ4n) is 2.46. The summed E-state index contributed by atoms with van der Waals surface area (Å²) < 4.78 is 5.41. The minimum Gasteiger partial charge on any atom is -0.458 e. The highest BCUT2D eigenvalue weighted by atomic mass is 32.1. The van der Waals surface area contributed by atoms with E-state index in [0.717, 1.165) is 23.5 Å². The van der Waals surface area contributed by atoms with Crippen LogP contribution in [-0.2, 0) is 12.8 Å². The van der Waals surface area contributed by atoms with Crippen molar-refractivity contribution in [2.24, 2.45) is 0 Å². The first kappa shape index (κ1) is 11.7. The van der Waals surface area contributed by atoms with Gasteiger partial charge in [-0.15, -0.1) is 11.3 Å². The number of thiophene rings is 1. The van der Waals surface area contributed by atoms with E-state index in [9.17, 15) is 4.79 Å². The summed E-state index contributed by atoms with van der Waals surface area (Å²) in [7, 11) is 0. The zero-order valence-electron chi connectivity index (χ0n) is 10.5. The lowest BCUT2D eigenvalue weighted by Gasteiger charge is -1.93. The lowest BCUT2D eigenvalue weighted by Crippen LogP contribution is -1.96. The van der Waals surface area contributed by atoms with Crippen molar-refractivity contribution in [3.05, 3.63) is 45.0 Å². The minimum absolute atomic E-state index is 0.0289.